The lowest BCUT2D eigenvalue weighted by Crippen LogP contribution is -2.44. The van der Waals surface area contributed by atoms with Gasteiger partial charge in [0.2, 0.25) is 5.91 Å². The molecule has 4 heteroatoms. The number of carbonyl (C=O) groups excluding carboxylic acids is 2. The highest BCUT2D eigenvalue weighted by Gasteiger charge is 2.32. The molecule has 0 bridgehead atoms. The second-order valence-corrected chi connectivity index (χ2v) is 5.02. The molecule has 0 aromatic carbocycles. The summed E-state index contributed by atoms with van der Waals surface area (Å²) in [5.74, 6) is 0.0245. The van der Waals surface area contributed by atoms with Crippen molar-refractivity contribution in [2.75, 3.05) is 19.7 Å². The molecule has 2 rings (SSSR count). The Hall–Kier alpha value is -1.32. The van der Waals surface area contributed by atoms with Gasteiger partial charge in [0.1, 0.15) is 0 Å². The van der Waals surface area contributed by atoms with Crippen LogP contribution in [0.3, 0.4) is 0 Å². The molecule has 0 aromatic heterocycles. The number of ether oxygens (including phenoxy) is 1. The fourth-order valence-corrected chi connectivity index (χ4v) is 2.71. The molecule has 0 N–H and O–H groups in total. The number of piperidine rings is 1. The predicted molar refractivity (Wildman–Crippen MR) is 67.8 cm³/mol. The van der Waals surface area contributed by atoms with Crippen molar-refractivity contribution in [3.63, 3.8) is 0 Å². The molecule has 4 nitrogen and oxygen atoms in total. The monoisotopic (exact) mass is 251 g/mol. The van der Waals surface area contributed by atoms with E-state index in [1.54, 1.807) is 0 Å². The minimum Gasteiger partial charge on any atom is -0.466 e. The van der Waals surface area contributed by atoms with Crippen LogP contribution in [-0.4, -0.2) is 36.5 Å². The van der Waals surface area contributed by atoms with E-state index >= 15 is 0 Å². The summed E-state index contributed by atoms with van der Waals surface area (Å²) >= 11 is 0. The number of carbonyl (C=O) groups is 2. The van der Waals surface area contributed by atoms with Gasteiger partial charge in [0.15, 0.2) is 0 Å². The molecule has 1 unspecified atom stereocenters. The third kappa shape index (κ3) is 2.92. The largest absolute Gasteiger partial charge is 0.466 e. The van der Waals surface area contributed by atoms with Crippen LogP contribution in [-0.2, 0) is 14.3 Å². The number of nitrogens with zero attached hydrogens (tertiary/aromatic N) is 1. The lowest BCUT2D eigenvalue weighted by Gasteiger charge is -2.33. The second-order valence-electron chi connectivity index (χ2n) is 5.02. The molecule has 0 radical (unpaired) electrons. The maximum Gasteiger partial charge on any atom is 0.310 e. The first-order valence-corrected chi connectivity index (χ1v) is 6.82. The van der Waals surface area contributed by atoms with Crippen LogP contribution in [0.1, 0.15) is 32.6 Å². The van der Waals surface area contributed by atoms with E-state index in [4.69, 9.17) is 4.74 Å². The Kier molecular flexibility index (Phi) is 4.39. The number of esters is 1. The molecule has 1 aliphatic heterocycles. The van der Waals surface area contributed by atoms with Crippen LogP contribution in [0.15, 0.2) is 12.2 Å². The van der Waals surface area contributed by atoms with Crippen LogP contribution < -0.4 is 0 Å². The zero-order valence-electron chi connectivity index (χ0n) is 10.9. The first-order chi connectivity index (χ1) is 8.72. The highest BCUT2D eigenvalue weighted by molar-refractivity contribution is 5.81. The van der Waals surface area contributed by atoms with Gasteiger partial charge in [0.25, 0.3) is 0 Å². The van der Waals surface area contributed by atoms with Crippen LogP contribution in [0.2, 0.25) is 0 Å². The van der Waals surface area contributed by atoms with Gasteiger partial charge in [0.05, 0.1) is 12.5 Å². The summed E-state index contributed by atoms with van der Waals surface area (Å²) in [5.41, 5.74) is 0. The van der Waals surface area contributed by atoms with Crippen molar-refractivity contribution in [3.05, 3.63) is 12.2 Å². The van der Waals surface area contributed by atoms with E-state index < -0.39 is 0 Å². The van der Waals surface area contributed by atoms with Crippen LogP contribution in [0, 0.1) is 11.8 Å². The molecule has 1 atom stereocenters. The third-order valence-corrected chi connectivity index (χ3v) is 3.71. The number of hydrogen-bond donors (Lipinski definition) is 0. The van der Waals surface area contributed by atoms with Crippen molar-refractivity contribution < 1.29 is 14.3 Å². The Morgan fingerprint density at radius 3 is 2.67 bits per heavy atom. The zero-order valence-corrected chi connectivity index (χ0v) is 10.9. The average molecular weight is 251 g/mol. The van der Waals surface area contributed by atoms with Crippen LogP contribution in [0.5, 0.6) is 0 Å². The van der Waals surface area contributed by atoms with Gasteiger partial charge in [-0.05, 0) is 32.6 Å². The lowest BCUT2D eigenvalue weighted by molar-refractivity contribution is -0.151. The fourth-order valence-electron chi connectivity index (χ4n) is 2.71. The Morgan fingerprint density at radius 1 is 1.28 bits per heavy atom. The minimum atomic E-state index is -0.153. The molecule has 1 heterocycles. The predicted octanol–water partition coefficient (Wildman–Crippen LogP) is 1.75. The van der Waals surface area contributed by atoms with Crippen molar-refractivity contribution in [1.29, 1.82) is 0 Å². The van der Waals surface area contributed by atoms with Crippen molar-refractivity contribution >= 4 is 11.9 Å². The normalized spacial score (nSPS) is 24.3. The first-order valence-electron chi connectivity index (χ1n) is 6.82. The summed E-state index contributed by atoms with van der Waals surface area (Å²) in [6.07, 6.45) is 7.56. The Balaban J connectivity index is 1.89. The summed E-state index contributed by atoms with van der Waals surface area (Å²) < 4.78 is 5.05. The van der Waals surface area contributed by atoms with Crippen molar-refractivity contribution in [1.82, 2.24) is 4.90 Å². The number of hydrogen-bond acceptors (Lipinski definition) is 3. The Labute approximate surface area is 108 Å². The Morgan fingerprint density at radius 2 is 2.00 bits per heavy atom. The van der Waals surface area contributed by atoms with Gasteiger partial charge in [-0.2, -0.15) is 0 Å². The van der Waals surface area contributed by atoms with Gasteiger partial charge < -0.3 is 9.64 Å². The molecule has 18 heavy (non-hydrogen) atoms. The molecule has 2 aliphatic rings. The molecule has 1 saturated heterocycles. The smallest absolute Gasteiger partial charge is 0.310 e. The van der Waals surface area contributed by atoms with Gasteiger partial charge in [-0.3, -0.25) is 9.59 Å². The van der Waals surface area contributed by atoms with E-state index in [1.807, 2.05) is 11.8 Å². The van der Waals surface area contributed by atoms with E-state index in [9.17, 15) is 9.59 Å². The quantitative estimate of drug-likeness (QED) is 0.567. The summed E-state index contributed by atoms with van der Waals surface area (Å²) in [6, 6.07) is 0. The van der Waals surface area contributed by atoms with Gasteiger partial charge in [-0.25, -0.2) is 0 Å². The summed E-state index contributed by atoms with van der Waals surface area (Å²) in [4.78, 5) is 25.8. The molecule has 0 saturated carbocycles. The standard InChI is InChI=1S/C14H21NO3/c1-2-18-14(17)12-8-5-9-15(10-12)13(16)11-6-3-4-7-11/h3-4,11-12H,2,5-10H2,1H3. The fraction of sp³-hybridized carbons (Fsp3) is 0.714. The summed E-state index contributed by atoms with van der Waals surface area (Å²) in [7, 11) is 0. The number of likely N-dealkylation sites (tertiary alicyclic amines) is 1. The van der Waals surface area contributed by atoms with Crippen molar-refractivity contribution in [2.45, 2.75) is 32.6 Å². The van der Waals surface area contributed by atoms with Crippen molar-refractivity contribution in [2.24, 2.45) is 11.8 Å². The third-order valence-electron chi connectivity index (χ3n) is 3.71. The van der Waals surface area contributed by atoms with Gasteiger partial charge in [0, 0.05) is 19.0 Å². The van der Waals surface area contributed by atoms with Crippen LogP contribution in [0.25, 0.3) is 0 Å². The highest BCUT2D eigenvalue weighted by Crippen LogP contribution is 2.24. The average Bonchev–Trinajstić information content (AvgIpc) is 2.92. The first kappa shape index (κ1) is 13.1. The number of rotatable bonds is 3. The van der Waals surface area contributed by atoms with Gasteiger partial charge >= 0.3 is 5.97 Å². The molecule has 0 aromatic rings. The van der Waals surface area contributed by atoms with Crippen LogP contribution >= 0.6 is 0 Å². The SMILES string of the molecule is CCOC(=O)C1CCCN(C(=O)C2CC=CC2)C1. The molecule has 1 fully saturated rings. The topological polar surface area (TPSA) is 46.6 Å². The molecular formula is C14H21NO3. The number of amides is 1. The van der Waals surface area contributed by atoms with Gasteiger partial charge in [-0.15, -0.1) is 0 Å². The molecule has 0 spiro atoms. The maximum absolute atomic E-state index is 12.3. The number of allylic oxidation sites excluding steroid dienone is 2. The van der Waals surface area contributed by atoms with Gasteiger partial charge in [-0.1, -0.05) is 12.2 Å². The summed E-state index contributed by atoms with van der Waals surface area (Å²) in [6.45, 7) is 3.54. The van der Waals surface area contributed by atoms with E-state index in [-0.39, 0.29) is 23.7 Å². The minimum absolute atomic E-state index is 0.103. The molecule has 1 aliphatic carbocycles. The van der Waals surface area contributed by atoms with E-state index in [0.717, 1.165) is 32.2 Å². The van der Waals surface area contributed by atoms with E-state index in [0.29, 0.717) is 13.2 Å². The highest BCUT2D eigenvalue weighted by atomic mass is 16.5. The zero-order chi connectivity index (χ0) is 13.0. The summed E-state index contributed by atoms with van der Waals surface area (Å²) in [5, 5.41) is 0. The second kappa shape index (κ2) is 6.03. The molecule has 100 valence electrons. The lowest BCUT2D eigenvalue weighted by atomic mass is 9.96. The molecular weight excluding hydrogens is 230 g/mol. The maximum atomic E-state index is 12.3. The van der Waals surface area contributed by atoms with Crippen molar-refractivity contribution in [3.8, 4) is 0 Å². The van der Waals surface area contributed by atoms with E-state index in [2.05, 4.69) is 12.2 Å². The molecule has 1 amide bonds. The Bertz CT molecular complexity index is 343. The van der Waals surface area contributed by atoms with E-state index in [1.165, 1.54) is 0 Å². The van der Waals surface area contributed by atoms with Crippen LogP contribution in [0.4, 0.5) is 0 Å².